The number of benzene rings is 1. The number of nitrogens with one attached hydrogen (secondary N) is 1. The van der Waals surface area contributed by atoms with Crippen molar-refractivity contribution in [3.05, 3.63) is 54.4 Å². The molecule has 11 heteroatoms. The van der Waals surface area contributed by atoms with Gasteiger partial charge in [-0.2, -0.15) is 0 Å². The van der Waals surface area contributed by atoms with E-state index in [4.69, 9.17) is 0 Å². The average molecular weight is 481 g/mol. The topological polar surface area (TPSA) is 57.7 Å². The summed E-state index contributed by atoms with van der Waals surface area (Å²) in [5.41, 5.74) is 1.54. The highest BCUT2D eigenvalue weighted by atomic mass is 35.5. The standard InChI is InChI=1S/C20H23F3N4O2.2ClH/c1-2-27(17-9-11-26(14-17)13-15-4-3-10-24-12-15)19(28)25-16-5-7-18(8-6-16)29-20(21,22)23;;/h3-8,10,12,17H,2,9,11,13-14H2,1H3,(H,25,28);2*1H. The number of halogens is 5. The van der Waals surface area contributed by atoms with Crippen molar-refractivity contribution in [1.82, 2.24) is 14.8 Å². The Bertz CT molecular complexity index is 810. The monoisotopic (exact) mass is 480 g/mol. The number of urea groups is 1. The minimum atomic E-state index is -4.74. The molecule has 0 spiro atoms. The van der Waals surface area contributed by atoms with Crippen molar-refractivity contribution < 1.29 is 22.7 Å². The van der Waals surface area contributed by atoms with Crippen LogP contribution in [0.15, 0.2) is 48.8 Å². The predicted molar refractivity (Wildman–Crippen MR) is 117 cm³/mol. The molecule has 1 fully saturated rings. The van der Waals surface area contributed by atoms with Gasteiger partial charge in [0.1, 0.15) is 5.75 Å². The van der Waals surface area contributed by atoms with Crippen LogP contribution >= 0.6 is 24.8 Å². The number of pyridine rings is 1. The van der Waals surface area contributed by atoms with E-state index in [2.05, 4.69) is 19.9 Å². The van der Waals surface area contributed by atoms with Gasteiger partial charge in [0, 0.05) is 50.3 Å². The zero-order chi connectivity index (χ0) is 20.9. The van der Waals surface area contributed by atoms with Crippen LogP contribution in [0, 0.1) is 0 Å². The Balaban J connectivity index is 0.00000240. The molecule has 1 aliphatic heterocycles. The van der Waals surface area contributed by atoms with Gasteiger partial charge in [-0.15, -0.1) is 38.0 Å². The summed E-state index contributed by atoms with van der Waals surface area (Å²) in [7, 11) is 0. The van der Waals surface area contributed by atoms with E-state index in [9.17, 15) is 18.0 Å². The fourth-order valence-electron chi connectivity index (χ4n) is 3.46. The molecule has 172 valence electrons. The highest BCUT2D eigenvalue weighted by Gasteiger charge is 2.31. The third kappa shape index (κ3) is 8.08. The molecular formula is C20H25Cl2F3N4O2. The van der Waals surface area contributed by atoms with Crippen LogP contribution in [-0.4, -0.2) is 52.9 Å². The number of alkyl halides is 3. The number of carbonyl (C=O) groups is 1. The van der Waals surface area contributed by atoms with E-state index in [0.717, 1.165) is 31.6 Å². The lowest BCUT2D eigenvalue weighted by Gasteiger charge is -2.28. The van der Waals surface area contributed by atoms with Crippen molar-refractivity contribution in [3.8, 4) is 5.75 Å². The number of hydrogen-bond acceptors (Lipinski definition) is 4. The molecule has 3 rings (SSSR count). The number of hydrogen-bond donors (Lipinski definition) is 1. The summed E-state index contributed by atoms with van der Waals surface area (Å²) in [5.74, 6) is -0.329. The second-order valence-corrected chi connectivity index (χ2v) is 6.83. The first kappa shape index (κ1) is 26.8. The molecule has 1 saturated heterocycles. The van der Waals surface area contributed by atoms with Gasteiger partial charge in [-0.25, -0.2) is 4.79 Å². The Labute approximate surface area is 191 Å². The quantitative estimate of drug-likeness (QED) is 0.635. The molecule has 0 radical (unpaired) electrons. The van der Waals surface area contributed by atoms with Crippen LogP contribution in [0.2, 0.25) is 0 Å². The lowest BCUT2D eigenvalue weighted by atomic mass is 10.2. The van der Waals surface area contributed by atoms with E-state index >= 15 is 0 Å². The van der Waals surface area contributed by atoms with Crippen LogP contribution in [0.3, 0.4) is 0 Å². The zero-order valence-electron chi connectivity index (χ0n) is 16.8. The Kier molecular flexibility index (Phi) is 10.4. The van der Waals surface area contributed by atoms with Crippen LogP contribution < -0.4 is 10.1 Å². The summed E-state index contributed by atoms with van der Waals surface area (Å²) in [4.78, 5) is 20.8. The smallest absolute Gasteiger partial charge is 0.406 e. The summed E-state index contributed by atoms with van der Waals surface area (Å²) >= 11 is 0. The number of ether oxygens (including phenoxy) is 1. The Morgan fingerprint density at radius 2 is 1.97 bits per heavy atom. The molecule has 2 aromatic rings. The molecule has 0 aliphatic carbocycles. The Hall–Kier alpha value is -2.23. The maximum absolute atomic E-state index is 12.7. The number of likely N-dealkylation sites (N-methyl/N-ethyl adjacent to an activating group) is 1. The third-order valence-electron chi connectivity index (χ3n) is 4.76. The fraction of sp³-hybridized carbons (Fsp3) is 0.400. The van der Waals surface area contributed by atoms with Crippen molar-refractivity contribution in [2.24, 2.45) is 0 Å². The van der Waals surface area contributed by atoms with E-state index in [1.54, 1.807) is 11.1 Å². The SMILES string of the molecule is CCN(C(=O)Nc1ccc(OC(F)(F)F)cc1)C1CCN(Cc2cccnc2)C1.Cl.Cl. The minimum absolute atomic E-state index is 0. The highest BCUT2D eigenvalue weighted by Crippen LogP contribution is 2.24. The molecular weight excluding hydrogens is 456 g/mol. The number of likely N-dealkylation sites (tertiary alicyclic amines) is 1. The number of anilines is 1. The molecule has 6 nitrogen and oxygen atoms in total. The molecule has 1 aliphatic rings. The van der Waals surface area contributed by atoms with Gasteiger partial charge in [-0.1, -0.05) is 6.07 Å². The summed E-state index contributed by atoms with van der Waals surface area (Å²) in [6.45, 7) is 4.86. The summed E-state index contributed by atoms with van der Waals surface area (Å²) in [6, 6.07) is 8.84. The second-order valence-electron chi connectivity index (χ2n) is 6.83. The van der Waals surface area contributed by atoms with E-state index in [1.807, 2.05) is 25.3 Å². The lowest BCUT2D eigenvalue weighted by molar-refractivity contribution is -0.274. The van der Waals surface area contributed by atoms with E-state index in [-0.39, 0.29) is 42.6 Å². The largest absolute Gasteiger partial charge is 0.573 e. The van der Waals surface area contributed by atoms with Crippen molar-refractivity contribution in [3.63, 3.8) is 0 Å². The van der Waals surface area contributed by atoms with Crippen LogP contribution in [0.5, 0.6) is 5.75 Å². The normalized spacial score (nSPS) is 16.1. The van der Waals surface area contributed by atoms with Crippen LogP contribution in [0.4, 0.5) is 23.7 Å². The molecule has 0 saturated carbocycles. The predicted octanol–water partition coefficient (Wildman–Crippen LogP) is 4.95. The minimum Gasteiger partial charge on any atom is -0.406 e. The zero-order valence-corrected chi connectivity index (χ0v) is 18.5. The fourth-order valence-corrected chi connectivity index (χ4v) is 3.46. The van der Waals surface area contributed by atoms with Crippen LogP contribution in [-0.2, 0) is 6.54 Å². The third-order valence-corrected chi connectivity index (χ3v) is 4.76. The van der Waals surface area contributed by atoms with Gasteiger partial charge >= 0.3 is 12.4 Å². The van der Waals surface area contributed by atoms with Gasteiger partial charge in [-0.05, 0) is 49.2 Å². The van der Waals surface area contributed by atoms with Crippen LogP contribution in [0.25, 0.3) is 0 Å². The number of amides is 2. The van der Waals surface area contributed by atoms with E-state index in [0.29, 0.717) is 12.2 Å². The van der Waals surface area contributed by atoms with Crippen molar-refractivity contribution in [1.29, 1.82) is 0 Å². The first-order valence-corrected chi connectivity index (χ1v) is 9.38. The van der Waals surface area contributed by atoms with Gasteiger partial charge in [0.15, 0.2) is 0 Å². The summed E-state index contributed by atoms with van der Waals surface area (Å²) < 4.78 is 40.6. The molecule has 1 aromatic carbocycles. The molecule has 1 aromatic heterocycles. The van der Waals surface area contributed by atoms with Crippen molar-refractivity contribution in [2.45, 2.75) is 32.3 Å². The molecule has 0 bridgehead atoms. The first-order valence-electron chi connectivity index (χ1n) is 9.38. The van der Waals surface area contributed by atoms with Gasteiger partial charge in [-0.3, -0.25) is 9.88 Å². The van der Waals surface area contributed by atoms with Gasteiger partial charge < -0.3 is 15.0 Å². The maximum atomic E-state index is 12.7. The van der Waals surface area contributed by atoms with Crippen molar-refractivity contribution >= 4 is 36.5 Å². The summed E-state index contributed by atoms with van der Waals surface area (Å²) in [5, 5.41) is 2.75. The van der Waals surface area contributed by atoms with E-state index in [1.165, 1.54) is 24.3 Å². The Morgan fingerprint density at radius 3 is 2.55 bits per heavy atom. The molecule has 1 atom stereocenters. The molecule has 1 N–H and O–H groups in total. The molecule has 1 unspecified atom stereocenters. The second kappa shape index (κ2) is 12.0. The average Bonchev–Trinajstić information content (AvgIpc) is 3.11. The summed E-state index contributed by atoms with van der Waals surface area (Å²) in [6.07, 6.45) is -0.307. The van der Waals surface area contributed by atoms with Gasteiger partial charge in [0.2, 0.25) is 0 Å². The molecule has 31 heavy (non-hydrogen) atoms. The van der Waals surface area contributed by atoms with Crippen molar-refractivity contribution in [2.75, 3.05) is 25.0 Å². The highest BCUT2D eigenvalue weighted by molar-refractivity contribution is 5.89. The first-order chi connectivity index (χ1) is 13.8. The number of nitrogens with zero attached hydrogens (tertiary/aromatic N) is 3. The van der Waals surface area contributed by atoms with E-state index < -0.39 is 6.36 Å². The molecule has 2 heterocycles. The van der Waals surface area contributed by atoms with Gasteiger partial charge in [0.25, 0.3) is 0 Å². The Morgan fingerprint density at radius 1 is 1.26 bits per heavy atom. The van der Waals surface area contributed by atoms with Crippen LogP contribution in [0.1, 0.15) is 18.9 Å². The molecule has 2 amide bonds. The number of rotatable bonds is 6. The number of aromatic nitrogens is 1. The van der Waals surface area contributed by atoms with Gasteiger partial charge in [0.05, 0.1) is 0 Å². The maximum Gasteiger partial charge on any atom is 0.573 e. The number of carbonyl (C=O) groups excluding carboxylic acids is 1. The lowest BCUT2D eigenvalue weighted by Crippen LogP contribution is -2.44.